The monoisotopic (exact) mass is 429 g/mol. The fourth-order valence-electron chi connectivity index (χ4n) is 2.08. The van der Waals surface area contributed by atoms with E-state index in [1.807, 2.05) is 19.2 Å². The van der Waals surface area contributed by atoms with Gasteiger partial charge >= 0.3 is 0 Å². The number of benzene rings is 1. The van der Waals surface area contributed by atoms with Gasteiger partial charge in [-0.1, -0.05) is 12.1 Å². The Morgan fingerprint density at radius 3 is 2.40 bits per heavy atom. The van der Waals surface area contributed by atoms with Crippen LogP contribution in [0.2, 0.25) is 0 Å². The van der Waals surface area contributed by atoms with Crippen LogP contribution in [0.4, 0.5) is 5.69 Å². The van der Waals surface area contributed by atoms with Gasteiger partial charge in [-0.2, -0.15) is 0 Å². The van der Waals surface area contributed by atoms with Crippen LogP contribution in [0.1, 0.15) is 22.5 Å². The fourth-order valence-corrected chi connectivity index (χ4v) is 2.38. The van der Waals surface area contributed by atoms with Crippen LogP contribution in [0.5, 0.6) is 0 Å². The number of carbonyl (C=O) groups is 2. The average Bonchev–Trinajstić information content (AvgIpc) is 3.00. The molecule has 0 atom stereocenters. The Bertz CT molecular complexity index is 689. The summed E-state index contributed by atoms with van der Waals surface area (Å²) in [7, 11) is 1.88. The predicted octanol–water partition coefficient (Wildman–Crippen LogP) is 2.98. The fraction of sp³-hybridized carbons (Fsp3) is 0.294. The highest BCUT2D eigenvalue weighted by Gasteiger charge is 2.10. The number of anilines is 1. The molecule has 0 aliphatic carbocycles. The van der Waals surface area contributed by atoms with Crippen molar-refractivity contribution in [2.45, 2.75) is 12.8 Å². The van der Waals surface area contributed by atoms with E-state index in [2.05, 4.69) is 31.9 Å². The van der Waals surface area contributed by atoms with E-state index < -0.39 is 0 Å². The number of halogens is 2. The SMILES string of the molecule is CNCCCNC(=O)Cc1ccc(NC(=O)c2ccc(Br)o2)cc1.Cl. The minimum absolute atomic E-state index is 0. The lowest BCUT2D eigenvalue weighted by Crippen LogP contribution is -2.27. The minimum Gasteiger partial charge on any atom is -0.444 e. The van der Waals surface area contributed by atoms with E-state index in [4.69, 9.17) is 4.42 Å². The van der Waals surface area contributed by atoms with Crippen molar-refractivity contribution in [3.63, 3.8) is 0 Å². The lowest BCUT2D eigenvalue weighted by atomic mass is 10.1. The summed E-state index contributed by atoms with van der Waals surface area (Å²) in [5.41, 5.74) is 1.53. The summed E-state index contributed by atoms with van der Waals surface area (Å²) < 4.78 is 5.70. The van der Waals surface area contributed by atoms with Crippen LogP contribution in [-0.4, -0.2) is 32.0 Å². The molecule has 0 saturated carbocycles. The molecule has 0 saturated heterocycles. The molecular weight excluding hydrogens is 410 g/mol. The quantitative estimate of drug-likeness (QED) is 0.562. The first-order valence-electron chi connectivity index (χ1n) is 7.65. The summed E-state index contributed by atoms with van der Waals surface area (Å²) in [6.07, 6.45) is 1.22. The minimum atomic E-state index is -0.323. The van der Waals surface area contributed by atoms with E-state index in [0.29, 0.717) is 23.3 Å². The Hall–Kier alpha value is -1.83. The maximum Gasteiger partial charge on any atom is 0.291 e. The van der Waals surface area contributed by atoms with Gasteiger partial charge in [0.1, 0.15) is 0 Å². The Morgan fingerprint density at radius 1 is 1.08 bits per heavy atom. The molecule has 2 rings (SSSR count). The van der Waals surface area contributed by atoms with Crippen molar-refractivity contribution >= 4 is 45.8 Å². The molecule has 25 heavy (non-hydrogen) atoms. The van der Waals surface area contributed by atoms with Crippen molar-refractivity contribution in [2.75, 3.05) is 25.5 Å². The van der Waals surface area contributed by atoms with E-state index in [0.717, 1.165) is 18.5 Å². The molecule has 1 aromatic carbocycles. The standard InChI is InChI=1S/C17H20BrN3O3.ClH/c1-19-9-2-10-20-16(22)11-12-3-5-13(6-4-12)21-17(23)14-7-8-15(18)24-14;/h3-8,19H,2,9-11H2,1H3,(H,20,22)(H,21,23);1H. The van der Waals surface area contributed by atoms with Gasteiger partial charge in [0.05, 0.1) is 6.42 Å². The van der Waals surface area contributed by atoms with Crippen molar-refractivity contribution in [3.8, 4) is 0 Å². The van der Waals surface area contributed by atoms with Gasteiger partial charge < -0.3 is 20.4 Å². The number of carbonyl (C=O) groups excluding carboxylic acids is 2. The number of nitrogens with one attached hydrogen (secondary N) is 3. The second kappa shape index (κ2) is 10.9. The van der Waals surface area contributed by atoms with E-state index in [9.17, 15) is 9.59 Å². The Morgan fingerprint density at radius 2 is 1.80 bits per heavy atom. The molecule has 0 bridgehead atoms. The molecule has 0 aliphatic rings. The van der Waals surface area contributed by atoms with Crippen molar-refractivity contribution in [2.24, 2.45) is 0 Å². The van der Waals surface area contributed by atoms with Gasteiger partial charge in [0.15, 0.2) is 10.4 Å². The van der Waals surface area contributed by atoms with Crippen molar-refractivity contribution < 1.29 is 14.0 Å². The van der Waals surface area contributed by atoms with Gasteiger partial charge in [0.25, 0.3) is 5.91 Å². The number of rotatable bonds is 8. The van der Waals surface area contributed by atoms with Gasteiger partial charge in [-0.25, -0.2) is 0 Å². The molecule has 0 radical (unpaired) electrons. The summed E-state index contributed by atoms with van der Waals surface area (Å²) >= 11 is 3.16. The Balaban J connectivity index is 0.00000312. The van der Waals surface area contributed by atoms with E-state index >= 15 is 0 Å². The van der Waals surface area contributed by atoms with E-state index in [1.165, 1.54) is 0 Å². The maximum absolute atomic E-state index is 12.0. The summed E-state index contributed by atoms with van der Waals surface area (Å²) in [4.78, 5) is 23.8. The van der Waals surface area contributed by atoms with Gasteiger partial charge in [-0.05, 0) is 65.8 Å². The molecule has 0 unspecified atom stereocenters. The highest BCUT2D eigenvalue weighted by Crippen LogP contribution is 2.16. The molecule has 6 nitrogen and oxygen atoms in total. The summed E-state index contributed by atoms with van der Waals surface area (Å²) in [6.45, 7) is 1.54. The zero-order chi connectivity index (χ0) is 17.4. The van der Waals surface area contributed by atoms with Gasteiger partial charge in [0.2, 0.25) is 5.91 Å². The van der Waals surface area contributed by atoms with Gasteiger partial charge in [-0.3, -0.25) is 9.59 Å². The molecule has 2 amide bonds. The van der Waals surface area contributed by atoms with Crippen LogP contribution in [0.15, 0.2) is 45.5 Å². The first kappa shape index (κ1) is 21.2. The summed E-state index contributed by atoms with van der Waals surface area (Å²) in [5, 5.41) is 8.64. The summed E-state index contributed by atoms with van der Waals surface area (Å²) in [5.74, 6) is -0.106. The molecule has 0 fully saturated rings. The highest BCUT2D eigenvalue weighted by atomic mass is 79.9. The third kappa shape index (κ3) is 7.29. The second-order valence-corrected chi connectivity index (χ2v) is 6.02. The van der Waals surface area contributed by atoms with Crippen molar-refractivity contribution in [1.82, 2.24) is 10.6 Å². The van der Waals surface area contributed by atoms with Gasteiger partial charge in [-0.15, -0.1) is 12.4 Å². The van der Waals surface area contributed by atoms with Crippen LogP contribution in [0.3, 0.4) is 0 Å². The highest BCUT2D eigenvalue weighted by molar-refractivity contribution is 9.10. The average molecular weight is 431 g/mol. The molecule has 3 N–H and O–H groups in total. The third-order valence-corrected chi connectivity index (χ3v) is 3.73. The zero-order valence-corrected chi connectivity index (χ0v) is 16.2. The van der Waals surface area contributed by atoms with Crippen LogP contribution >= 0.6 is 28.3 Å². The number of amides is 2. The van der Waals surface area contributed by atoms with Crippen LogP contribution in [0, 0.1) is 0 Å². The first-order valence-corrected chi connectivity index (χ1v) is 8.44. The molecule has 1 aromatic heterocycles. The second-order valence-electron chi connectivity index (χ2n) is 5.24. The zero-order valence-electron chi connectivity index (χ0n) is 13.8. The molecule has 8 heteroatoms. The molecule has 0 spiro atoms. The molecular formula is C17H21BrClN3O3. The van der Waals surface area contributed by atoms with Crippen LogP contribution < -0.4 is 16.0 Å². The topological polar surface area (TPSA) is 83.4 Å². The largest absolute Gasteiger partial charge is 0.444 e. The van der Waals surface area contributed by atoms with Crippen molar-refractivity contribution in [3.05, 3.63) is 52.4 Å². The molecule has 1 heterocycles. The van der Waals surface area contributed by atoms with E-state index in [1.54, 1.807) is 24.3 Å². The summed E-state index contributed by atoms with van der Waals surface area (Å²) in [6, 6.07) is 10.4. The molecule has 0 aliphatic heterocycles. The van der Waals surface area contributed by atoms with E-state index in [-0.39, 0.29) is 30.0 Å². The lowest BCUT2D eigenvalue weighted by Gasteiger charge is -2.07. The molecule has 136 valence electrons. The van der Waals surface area contributed by atoms with Crippen molar-refractivity contribution in [1.29, 1.82) is 0 Å². The van der Waals surface area contributed by atoms with Crippen LogP contribution in [-0.2, 0) is 11.2 Å². The Kier molecular flexibility index (Phi) is 9.26. The molecule has 2 aromatic rings. The smallest absolute Gasteiger partial charge is 0.291 e. The van der Waals surface area contributed by atoms with Crippen LogP contribution in [0.25, 0.3) is 0 Å². The Labute approximate surface area is 161 Å². The normalized spacial score (nSPS) is 10.0. The predicted molar refractivity (Wildman–Crippen MR) is 103 cm³/mol. The number of hydrogen-bond acceptors (Lipinski definition) is 4. The first-order chi connectivity index (χ1) is 11.6. The number of hydrogen-bond donors (Lipinski definition) is 3. The van der Waals surface area contributed by atoms with Gasteiger partial charge in [0, 0.05) is 12.2 Å². The number of furan rings is 1. The third-order valence-electron chi connectivity index (χ3n) is 3.30. The lowest BCUT2D eigenvalue weighted by molar-refractivity contribution is -0.120. The maximum atomic E-state index is 12.0.